The van der Waals surface area contributed by atoms with Gasteiger partial charge in [0.25, 0.3) is 0 Å². The molecule has 6 heteroatoms. The number of aryl methyl sites for hydroxylation is 2. The summed E-state index contributed by atoms with van der Waals surface area (Å²) in [6.45, 7) is 0. The monoisotopic (exact) mass is 349 g/mol. The molecule has 0 saturated heterocycles. The van der Waals surface area contributed by atoms with Crippen LogP contribution < -0.4 is 5.73 Å². The van der Waals surface area contributed by atoms with Gasteiger partial charge in [0.05, 0.1) is 4.88 Å². The second-order valence-corrected chi connectivity index (χ2v) is 6.21. The van der Waals surface area contributed by atoms with Crippen molar-refractivity contribution in [3.05, 3.63) is 51.6 Å². The molecule has 0 aliphatic heterocycles. The maximum absolute atomic E-state index is 5.66. The summed E-state index contributed by atoms with van der Waals surface area (Å²) in [6.07, 6.45) is 1.58. The Morgan fingerprint density at radius 2 is 2.00 bits per heavy atom. The number of hydrogen-bond donors (Lipinski definition) is 1. The van der Waals surface area contributed by atoms with E-state index in [9.17, 15) is 0 Å². The predicted molar refractivity (Wildman–Crippen MR) is 83.6 cm³/mol. The van der Waals surface area contributed by atoms with Crippen LogP contribution in [0.25, 0.3) is 10.7 Å². The standard InChI is InChI=1S/C14H12BrN3OS/c15-10-7-12(20-8-10)14-17-13(19-18-14)6-3-9-1-4-11(16)5-2-9/h1-2,4-5,7-8H,3,6,16H2. The Kier molecular flexibility index (Phi) is 3.84. The second-order valence-electron chi connectivity index (χ2n) is 4.38. The number of anilines is 1. The van der Waals surface area contributed by atoms with Gasteiger partial charge in [-0.05, 0) is 46.1 Å². The Morgan fingerprint density at radius 3 is 2.70 bits per heavy atom. The van der Waals surface area contributed by atoms with Gasteiger partial charge in [0.2, 0.25) is 11.7 Å². The molecule has 0 saturated carbocycles. The molecule has 0 amide bonds. The van der Waals surface area contributed by atoms with Crippen molar-refractivity contribution in [1.82, 2.24) is 10.1 Å². The Morgan fingerprint density at radius 1 is 1.20 bits per heavy atom. The van der Waals surface area contributed by atoms with Crippen LogP contribution in [0.4, 0.5) is 5.69 Å². The van der Waals surface area contributed by atoms with E-state index in [-0.39, 0.29) is 0 Å². The summed E-state index contributed by atoms with van der Waals surface area (Å²) >= 11 is 5.00. The molecule has 4 nitrogen and oxygen atoms in total. The molecule has 0 aliphatic carbocycles. The highest BCUT2D eigenvalue weighted by Crippen LogP contribution is 2.27. The van der Waals surface area contributed by atoms with Crippen molar-refractivity contribution < 1.29 is 4.52 Å². The normalized spacial score (nSPS) is 10.8. The van der Waals surface area contributed by atoms with Crippen molar-refractivity contribution in [1.29, 1.82) is 0 Å². The van der Waals surface area contributed by atoms with E-state index in [0.717, 1.165) is 27.9 Å². The van der Waals surface area contributed by atoms with Gasteiger partial charge >= 0.3 is 0 Å². The molecule has 0 unspecified atom stereocenters. The summed E-state index contributed by atoms with van der Waals surface area (Å²) in [5.74, 6) is 1.30. The van der Waals surface area contributed by atoms with E-state index in [1.54, 1.807) is 11.3 Å². The van der Waals surface area contributed by atoms with Crippen molar-refractivity contribution >= 4 is 33.0 Å². The summed E-state index contributed by atoms with van der Waals surface area (Å²) in [5.41, 5.74) is 7.64. The topological polar surface area (TPSA) is 64.9 Å². The number of rotatable bonds is 4. The average molecular weight is 350 g/mol. The number of benzene rings is 1. The lowest BCUT2D eigenvalue weighted by molar-refractivity contribution is 0.379. The van der Waals surface area contributed by atoms with Crippen molar-refractivity contribution in [2.24, 2.45) is 0 Å². The van der Waals surface area contributed by atoms with Gasteiger partial charge in [-0.2, -0.15) is 4.98 Å². The third kappa shape index (κ3) is 3.08. The summed E-state index contributed by atoms with van der Waals surface area (Å²) in [7, 11) is 0. The van der Waals surface area contributed by atoms with Crippen LogP contribution in [-0.4, -0.2) is 10.1 Å². The summed E-state index contributed by atoms with van der Waals surface area (Å²) in [5, 5.41) is 6.01. The Balaban J connectivity index is 1.67. The van der Waals surface area contributed by atoms with Crippen LogP contribution in [0.3, 0.4) is 0 Å². The van der Waals surface area contributed by atoms with E-state index in [0.29, 0.717) is 11.7 Å². The number of nitrogen functional groups attached to an aromatic ring is 1. The summed E-state index contributed by atoms with van der Waals surface area (Å²) in [4.78, 5) is 5.41. The SMILES string of the molecule is Nc1ccc(CCc2nc(-c3cc(Br)cs3)no2)cc1. The Labute approximate surface area is 128 Å². The van der Waals surface area contributed by atoms with Gasteiger partial charge in [-0.25, -0.2) is 0 Å². The number of hydrogen-bond acceptors (Lipinski definition) is 5. The third-order valence-corrected chi connectivity index (χ3v) is 4.55. The molecule has 0 spiro atoms. The fraction of sp³-hybridized carbons (Fsp3) is 0.143. The van der Waals surface area contributed by atoms with Crippen LogP contribution in [-0.2, 0) is 12.8 Å². The zero-order valence-corrected chi connectivity index (χ0v) is 12.9. The number of nitrogens with two attached hydrogens (primary N) is 1. The minimum atomic E-state index is 0.646. The molecule has 0 atom stereocenters. The zero-order valence-electron chi connectivity index (χ0n) is 10.5. The lowest BCUT2D eigenvalue weighted by Crippen LogP contribution is -1.92. The van der Waals surface area contributed by atoms with Crippen LogP contribution in [0.15, 0.2) is 44.7 Å². The number of aromatic nitrogens is 2. The van der Waals surface area contributed by atoms with Gasteiger partial charge in [0.15, 0.2) is 0 Å². The number of nitrogens with zero attached hydrogens (tertiary/aromatic N) is 2. The van der Waals surface area contributed by atoms with E-state index in [4.69, 9.17) is 10.3 Å². The molecule has 3 aromatic rings. The van der Waals surface area contributed by atoms with E-state index < -0.39 is 0 Å². The van der Waals surface area contributed by atoms with E-state index in [1.165, 1.54) is 5.56 Å². The first-order chi connectivity index (χ1) is 9.70. The molecule has 2 aromatic heterocycles. The van der Waals surface area contributed by atoms with E-state index in [2.05, 4.69) is 26.1 Å². The molecule has 2 N–H and O–H groups in total. The molecule has 2 heterocycles. The minimum Gasteiger partial charge on any atom is -0.399 e. The molecule has 0 fully saturated rings. The molecule has 1 aromatic carbocycles. The van der Waals surface area contributed by atoms with E-state index in [1.807, 2.05) is 35.7 Å². The van der Waals surface area contributed by atoms with Gasteiger partial charge < -0.3 is 10.3 Å². The maximum atomic E-state index is 5.66. The highest BCUT2D eigenvalue weighted by atomic mass is 79.9. The van der Waals surface area contributed by atoms with Crippen LogP contribution >= 0.6 is 27.3 Å². The number of halogens is 1. The molecule has 0 radical (unpaired) electrons. The fourth-order valence-electron chi connectivity index (χ4n) is 1.82. The Hall–Kier alpha value is -1.66. The molecule has 20 heavy (non-hydrogen) atoms. The molecular weight excluding hydrogens is 338 g/mol. The highest BCUT2D eigenvalue weighted by Gasteiger charge is 2.10. The quantitative estimate of drug-likeness (QED) is 0.724. The number of thiophene rings is 1. The highest BCUT2D eigenvalue weighted by molar-refractivity contribution is 9.10. The summed E-state index contributed by atoms with van der Waals surface area (Å²) in [6, 6.07) is 9.82. The Bertz CT molecular complexity index is 705. The second kappa shape index (κ2) is 5.76. The average Bonchev–Trinajstić information content (AvgIpc) is 3.07. The molecule has 102 valence electrons. The molecule has 3 rings (SSSR count). The minimum absolute atomic E-state index is 0.646. The first kappa shape index (κ1) is 13.3. The lowest BCUT2D eigenvalue weighted by atomic mass is 10.1. The van der Waals surface area contributed by atoms with Crippen molar-refractivity contribution in [2.75, 3.05) is 5.73 Å². The van der Waals surface area contributed by atoms with E-state index >= 15 is 0 Å². The first-order valence-corrected chi connectivity index (χ1v) is 7.79. The lowest BCUT2D eigenvalue weighted by Gasteiger charge is -1.98. The first-order valence-electron chi connectivity index (χ1n) is 6.12. The molecular formula is C14H12BrN3OS. The predicted octanol–water partition coefficient (Wildman–Crippen LogP) is 3.93. The smallest absolute Gasteiger partial charge is 0.227 e. The molecule has 0 aliphatic rings. The van der Waals surface area contributed by atoms with Gasteiger partial charge in [0.1, 0.15) is 0 Å². The van der Waals surface area contributed by atoms with Crippen LogP contribution in [0.1, 0.15) is 11.5 Å². The third-order valence-electron chi connectivity index (χ3n) is 2.86. The van der Waals surface area contributed by atoms with Gasteiger partial charge in [-0.1, -0.05) is 17.3 Å². The largest absolute Gasteiger partial charge is 0.399 e. The molecule has 0 bridgehead atoms. The zero-order chi connectivity index (χ0) is 13.9. The van der Waals surface area contributed by atoms with Crippen LogP contribution in [0.5, 0.6) is 0 Å². The van der Waals surface area contributed by atoms with Crippen molar-refractivity contribution in [2.45, 2.75) is 12.8 Å². The van der Waals surface area contributed by atoms with Gasteiger partial charge in [-0.15, -0.1) is 11.3 Å². The van der Waals surface area contributed by atoms with Gasteiger partial charge in [0, 0.05) is 22.0 Å². The van der Waals surface area contributed by atoms with Crippen molar-refractivity contribution in [3.8, 4) is 10.7 Å². The van der Waals surface area contributed by atoms with Crippen LogP contribution in [0.2, 0.25) is 0 Å². The van der Waals surface area contributed by atoms with Crippen LogP contribution in [0, 0.1) is 0 Å². The van der Waals surface area contributed by atoms with Gasteiger partial charge in [-0.3, -0.25) is 0 Å². The van der Waals surface area contributed by atoms with Crippen molar-refractivity contribution in [3.63, 3.8) is 0 Å². The fourth-order valence-corrected chi connectivity index (χ4v) is 3.17. The maximum Gasteiger partial charge on any atom is 0.227 e. The summed E-state index contributed by atoms with van der Waals surface area (Å²) < 4.78 is 6.31.